The van der Waals surface area contributed by atoms with Gasteiger partial charge in [0.1, 0.15) is 0 Å². The van der Waals surface area contributed by atoms with Crippen LogP contribution in [0.4, 0.5) is 11.4 Å². The fourth-order valence-electron chi connectivity index (χ4n) is 3.75. The molecule has 1 aromatic heterocycles. The second-order valence-electron chi connectivity index (χ2n) is 7.69. The third-order valence-electron chi connectivity index (χ3n) is 5.34. The van der Waals surface area contributed by atoms with E-state index in [2.05, 4.69) is 42.2 Å². The van der Waals surface area contributed by atoms with Gasteiger partial charge >= 0.3 is 5.97 Å². The first kappa shape index (κ1) is 20.7. The molecule has 0 unspecified atom stereocenters. The number of pyridine rings is 1. The monoisotopic (exact) mass is 415 g/mol. The standard InChI is InChI=1S/C26H26N2O3/c1-2-3-6-15-28-22-7-4-5-8-24(22)31-25-18-21(11-12-23(25)28)10-9-20-13-16-27(17-14-20)19-26(29)30/h4-5,7-14,16-18H,2-3,6,15,19H2,1H3/p+1. The molecule has 0 atom stereocenters. The molecule has 31 heavy (non-hydrogen) atoms. The summed E-state index contributed by atoms with van der Waals surface area (Å²) in [7, 11) is 0. The minimum absolute atomic E-state index is 0.0393. The van der Waals surface area contributed by atoms with Crippen LogP contribution in [0.25, 0.3) is 12.2 Å². The number of para-hydroxylation sites is 2. The number of carboxylic acids is 1. The molecule has 0 fully saturated rings. The normalized spacial score (nSPS) is 12.4. The second kappa shape index (κ2) is 9.47. The summed E-state index contributed by atoms with van der Waals surface area (Å²) in [5.41, 5.74) is 4.27. The Labute approximate surface area is 182 Å². The second-order valence-corrected chi connectivity index (χ2v) is 7.69. The molecule has 0 saturated heterocycles. The number of aliphatic carboxylic acids is 1. The van der Waals surface area contributed by atoms with E-state index in [9.17, 15) is 4.79 Å². The van der Waals surface area contributed by atoms with Crippen molar-refractivity contribution >= 4 is 29.5 Å². The van der Waals surface area contributed by atoms with Crippen LogP contribution < -0.4 is 14.2 Å². The van der Waals surface area contributed by atoms with Crippen LogP contribution in [0.3, 0.4) is 0 Å². The van der Waals surface area contributed by atoms with Crippen LogP contribution in [-0.2, 0) is 11.3 Å². The first-order chi connectivity index (χ1) is 15.1. The Bertz CT molecular complexity index is 1090. The number of hydrogen-bond acceptors (Lipinski definition) is 3. The zero-order valence-corrected chi connectivity index (χ0v) is 17.7. The van der Waals surface area contributed by atoms with Gasteiger partial charge in [-0.15, -0.1) is 0 Å². The molecule has 0 spiro atoms. The minimum Gasteiger partial charge on any atom is -0.477 e. The molecule has 2 heterocycles. The van der Waals surface area contributed by atoms with E-state index in [0.717, 1.165) is 47.0 Å². The molecule has 3 aromatic rings. The van der Waals surface area contributed by atoms with E-state index in [-0.39, 0.29) is 6.54 Å². The predicted molar refractivity (Wildman–Crippen MR) is 123 cm³/mol. The zero-order chi connectivity index (χ0) is 21.6. The summed E-state index contributed by atoms with van der Waals surface area (Å²) in [6.45, 7) is 3.15. The van der Waals surface area contributed by atoms with Gasteiger partial charge in [-0.1, -0.05) is 50.1 Å². The lowest BCUT2D eigenvalue weighted by Crippen LogP contribution is -2.36. The van der Waals surface area contributed by atoms with E-state index in [1.807, 2.05) is 36.4 Å². The van der Waals surface area contributed by atoms with Crippen molar-refractivity contribution in [2.24, 2.45) is 0 Å². The fourth-order valence-corrected chi connectivity index (χ4v) is 3.75. The molecule has 1 N–H and O–H groups in total. The van der Waals surface area contributed by atoms with Gasteiger partial charge in [-0.25, -0.2) is 4.79 Å². The first-order valence-electron chi connectivity index (χ1n) is 10.7. The van der Waals surface area contributed by atoms with Crippen molar-refractivity contribution in [2.75, 3.05) is 11.4 Å². The SMILES string of the molecule is CCCCCN1c2ccccc2Oc2cc(/C=C/c3cc[n+](CC(=O)O)cc3)ccc21. The van der Waals surface area contributed by atoms with Crippen molar-refractivity contribution in [2.45, 2.75) is 32.7 Å². The minimum atomic E-state index is -0.854. The maximum Gasteiger partial charge on any atom is 0.370 e. The van der Waals surface area contributed by atoms with Crippen molar-refractivity contribution in [3.8, 4) is 11.5 Å². The highest BCUT2D eigenvalue weighted by Crippen LogP contribution is 2.46. The molecule has 1 aliphatic heterocycles. The van der Waals surface area contributed by atoms with Gasteiger partial charge in [0, 0.05) is 18.7 Å². The van der Waals surface area contributed by atoms with Gasteiger partial charge in [-0.3, -0.25) is 0 Å². The number of rotatable bonds is 8. The van der Waals surface area contributed by atoms with Crippen LogP contribution >= 0.6 is 0 Å². The van der Waals surface area contributed by atoms with Crippen LogP contribution in [0.15, 0.2) is 67.0 Å². The lowest BCUT2D eigenvalue weighted by molar-refractivity contribution is -0.685. The topological polar surface area (TPSA) is 53.7 Å². The summed E-state index contributed by atoms with van der Waals surface area (Å²) in [6.07, 6.45) is 11.1. The van der Waals surface area contributed by atoms with Crippen molar-refractivity contribution in [3.05, 3.63) is 78.1 Å². The van der Waals surface area contributed by atoms with Crippen LogP contribution in [0.1, 0.15) is 37.3 Å². The van der Waals surface area contributed by atoms with E-state index in [1.54, 1.807) is 17.0 Å². The number of aromatic nitrogens is 1. The Morgan fingerprint density at radius 2 is 1.71 bits per heavy atom. The summed E-state index contributed by atoms with van der Waals surface area (Å²) in [5.74, 6) is 0.899. The molecule has 4 rings (SSSR count). The molecular weight excluding hydrogens is 388 g/mol. The average Bonchev–Trinajstić information content (AvgIpc) is 2.77. The number of carbonyl (C=O) groups is 1. The zero-order valence-electron chi connectivity index (χ0n) is 17.7. The number of unbranched alkanes of at least 4 members (excludes halogenated alkanes) is 2. The Morgan fingerprint density at radius 1 is 0.968 bits per heavy atom. The fraction of sp³-hybridized carbons (Fsp3) is 0.231. The lowest BCUT2D eigenvalue weighted by Gasteiger charge is -2.33. The molecule has 0 radical (unpaired) electrons. The summed E-state index contributed by atoms with van der Waals surface area (Å²) in [6, 6.07) is 18.3. The highest BCUT2D eigenvalue weighted by Gasteiger charge is 2.23. The quantitative estimate of drug-likeness (QED) is 0.381. The molecule has 0 aliphatic carbocycles. The van der Waals surface area contributed by atoms with E-state index in [1.165, 1.54) is 12.8 Å². The van der Waals surface area contributed by atoms with Crippen LogP contribution in [0.2, 0.25) is 0 Å². The van der Waals surface area contributed by atoms with Crippen LogP contribution in [-0.4, -0.2) is 17.6 Å². The number of benzene rings is 2. The largest absolute Gasteiger partial charge is 0.477 e. The van der Waals surface area contributed by atoms with Crippen molar-refractivity contribution in [1.82, 2.24) is 0 Å². The number of hydrogen-bond donors (Lipinski definition) is 1. The third kappa shape index (κ3) is 4.94. The van der Waals surface area contributed by atoms with Gasteiger partial charge in [-0.2, -0.15) is 4.57 Å². The van der Waals surface area contributed by atoms with Gasteiger partial charge in [0.25, 0.3) is 0 Å². The van der Waals surface area contributed by atoms with Gasteiger partial charge in [0.2, 0.25) is 6.54 Å². The van der Waals surface area contributed by atoms with Gasteiger partial charge in [-0.05, 0) is 41.8 Å². The van der Waals surface area contributed by atoms with Crippen LogP contribution in [0, 0.1) is 0 Å². The van der Waals surface area contributed by atoms with E-state index in [0.29, 0.717) is 0 Å². The van der Waals surface area contributed by atoms with Crippen molar-refractivity contribution < 1.29 is 19.2 Å². The van der Waals surface area contributed by atoms with E-state index < -0.39 is 5.97 Å². The maximum absolute atomic E-state index is 10.8. The Hall–Kier alpha value is -3.60. The maximum atomic E-state index is 10.8. The smallest absolute Gasteiger partial charge is 0.370 e. The number of ether oxygens (including phenoxy) is 1. The van der Waals surface area contributed by atoms with Crippen molar-refractivity contribution in [1.29, 1.82) is 0 Å². The molecule has 5 nitrogen and oxygen atoms in total. The molecule has 1 aliphatic rings. The average molecular weight is 416 g/mol. The lowest BCUT2D eigenvalue weighted by atomic mass is 10.1. The molecule has 0 bridgehead atoms. The molecule has 2 aromatic carbocycles. The Balaban J connectivity index is 1.55. The highest BCUT2D eigenvalue weighted by atomic mass is 16.5. The Kier molecular flexibility index (Phi) is 6.32. The van der Waals surface area contributed by atoms with E-state index in [4.69, 9.17) is 9.84 Å². The molecular formula is C26H27N2O3+. The number of fused-ring (bicyclic) bond motifs is 2. The summed E-state index contributed by atoms with van der Waals surface area (Å²) >= 11 is 0. The predicted octanol–water partition coefficient (Wildman–Crippen LogP) is 5.66. The molecule has 5 heteroatoms. The van der Waals surface area contributed by atoms with Gasteiger partial charge in [0.05, 0.1) is 11.4 Å². The highest BCUT2D eigenvalue weighted by molar-refractivity contribution is 5.80. The molecule has 158 valence electrons. The first-order valence-corrected chi connectivity index (χ1v) is 10.7. The van der Waals surface area contributed by atoms with E-state index >= 15 is 0 Å². The Morgan fingerprint density at radius 3 is 2.48 bits per heavy atom. The van der Waals surface area contributed by atoms with Gasteiger partial charge in [0.15, 0.2) is 23.9 Å². The summed E-state index contributed by atoms with van der Waals surface area (Å²) < 4.78 is 7.86. The summed E-state index contributed by atoms with van der Waals surface area (Å²) in [5, 5.41) is 8.88. The number of carboxylic acid groups (broad SMARTS) is 1. The van der Waals surface area contributed by atoms with Crippen molar-refractivity contribution in [3.63, 3.8) is 0 Å². The molecule has 0 saturated carbocycles. The van der Waals surface area contributed by atoms with Crippen LogP contribution in [0.5, 0.6) is 11.5 Å². The molecule has 0 amide bonds. The number of anilines is 2. The summed E-state index contributed by atoms with van der Waals surface area (Å²) in [4.78, 5) is 13.2. The third-order valence-corrected chi connectivity index (χ3v) is 5.34. The number of nitrogens with zero attached hydrogens (tertiary/aromatic N) is 2. The van der Waals surface area contributed by atoms with Gasteiger partial charge < -0.3 is 14.7 Å².